The van der Waals surface area contributed by atoms with Gasteiger partial charge < -0.3 is 33.1 Å². The summed E-state index contributed by atoms with van der Waals surface area (Å²) in [5.41, 5.74) is 1.80. The molecule has 2 aromatic carbocycles. The minimum Gasteiger partial charge on any atom is -0.496 e. The Morgan fingerprint density at radius 3 is 2.34 bits per heavy atom. The van der Waals surface area contributed by atoms with Crippen LogP contribution in [-0.2, 0) is 11.3 Å². The fraction of sp³-hybridized carbons (Fsp3) is 0.385. The Hall–Kier alpha value is -3.72. The second-order valence-electron chi connectivity index (χ2n) is 8.12. The number of hydrogen-bond acceptors (Lipinski definition) is 8. The SMILES string of the molecule is COc1ccccc1C(=O)N(Cc1cc(-c2cc(OC)c(OC)c(OC)c2)on1)CC1CCCO1. The molecule has 3 aromatic rings. The number of para-hydroxylation sites is 1. The van der Waals surface area contributed by atoms with Gasteiger partial charge in [-0.3, -0.25) is 4.79 Å². The fourth-order valence-electron chi connectivity index (χ4n) is 4.19. The third-order valence-corrected chi connectivity index (χ3v) is 5.93. The normalized spacial score (nSPS) is 15.0. The standard InChI is InChI=1S/C26H30N2O7/c1-30-21-10-6-5-9-20(21)26(29)28(16-19-8-7-11-34-19)15-18-14-22(35-27-18)17-12-23(31-2)25(33-4)24(13-17)32-3/h5-6,9-10,12-14,19H,7-8,11,15-16H2,1-4H3. The molecule has 1 atom stereocenters. The number of nitrogens with zero attached hydrogens (tertiary/aromatic N) is 2. The molecule has 1 amide bonds. The summed E-state index contributed by atoms with van der Waals surface area (Å²) in [7, 11) is 6.21. The molecule has 1 saturated heterocycles. The Labute approximate surface area is 204 Å². The highest BCUT2D eigenvalue weighted by Gasteiger charge is 2.26. The van der Waals surface area contributed by atoms with Gasteiger partial charge in [0.1, 0.15) is 11.4 Å². The molecule has 186 valence electrons. The van der Waals surface area contributed by atoms with Crippen LogP contribution in [0, 0.1) is 0 Å². The largest absolute Gasteiger partial charge is 0.496 e. The van der Waals surface area contributed by atoms with Crippen LogP contribution in [0.2, 0.25) is 0 Å². The molecule has 4 rings (SSSR count). The maximum absolute atomic E-state index is 13.5. The van der Waals surface area contributed by atoms with E-state index in [4.69, 9.17) is 28.2 Å². The van der Waals surface area contributed by atoms with E-state index >= 15 is 0 Å². The number of methoxy groups -OCH3 is 4. The van der Waals surface area contributed by atoms with E-state index in [9.17, 15) is 4.79 Å². The van der Waals surface area contributed by atoms with E-state index in [-0.39, 0.29) is 18.6 Å². The van der Waals surface area contributed by atoms with Crippen molar-refractivity contribution in [3.63, 3.8) is 0 Å². The van der Waals surface area contributed by atoms with Crippen molar-refractivity contribution in [3.8, 4) is 34.3 Å². The maximum atomic E-state index is 13.5. The Balaban J connectivity index is 1.61. The monoisotopic (exact) mass is 482 g/mol. The van der Waals surface area contributed by atoms with Crippen molar-refractivity contribution in [2.75, 3.05) is 41.6 Å². The lowest BCUT2D eigenvalue weighted by molar-refractivity contribution is 0.0500. The van der Waals surface area contributed by atoms with Gasteiger partial charge in [0.25, 0.3) is 5.91 Å². The van der Waals surface area contributed by atoms with E-state index in [1.54, 1.807) is 63.7 Å². The highest BCUT2D eigenvalue weighted by Crippen LogP contribution is 2.41. The lowest BCUT2D eigenvalue weighted by Gasteiger charge is -2.25. The van der Waals surface area contributed by atoms with Crippen LogP contribution in [0.15, 0.2) is 47.0 Å². The lowest BCUT2D eigenvalue weighted by Crippen LogP contribution is -2.37. The average Bonchev–Trinajstić information content (AvgIpc) is 3.59. The minimum atomic E-state index is -0.157. The van der Waals surface area contributed by atoms with Crippen molar-refractivity contribution in [3.05, 3.63) is 53.7 Å². The Morgan fingerprint density at radius 1 is 1.00 bits per heavy atom. The summed E-state index contributed by atoms with van der Waals surface area (Å²) in [6.07, 6.45) is 1.87. The van der Waals surface area contributed by atoms with E-state index in [0.717, 1.165) is 12.8 Å². The van der Waals surface area contributed by atoms with Gasteiger partial charge in [0.05, 0.1) is 46.7 Å². The molecule has 1 fully saturated rings. The van der Waals surface area contributed by atoms with Gasteiger partial charge in [-0.05, 0) is 37.1 Å². The van der Waals surface area contributed by atoms with Crippen LogP contribution in [0.1, 0.15) is 28.9 Å². The van der Waals surface area contributed by atoms with Gasteiger partial charge in [-0.1, -0.05) is 17.3 Å². The molecular formula is C26H30N2O7. The summed E-state index contributed by atoms with van der Waals surface area (Å²) in [6, 6.07) is 12.6. The molecule has 35 heavy (non-hydrogen) atoms. The topological polar surface area (TPSA) is 92.5 Å². The Bertz CT molecular complexity index is 1130. The molecule has 2 heterocycles. The van der Waals surface area contributed by atoms with Crippen LogP contribution in [0.25, 0.3) is 11.3 Å². The van der Waals surface area contributed by atoms with Gasteiger partial charge in [-0.15, -0.1) is 0 Å². The first-order chi connectivity index (χ1) is 17.1. The minimum absolute atomic E-state index is 0.0184. The fourth-order valence-corrected chi connectivity index (χ4v) is 4.19. The van der Waals surface area contributed by atoms with Crippen molar-refractivity contribution in [1.82, 2.24) is 10.1 Å². The van der Waals surface area contributed by atoms with E-state index in [1.165, 1.54) is 0 Å². The zero-order valence-corrected chi connectivity index (χ0v) is 20.4. The van der Waals surface area contributed by atoms with Gasteiger partial charge in [0.2, 0.25) is 5.75 Å². The molecular weight excluding hydrogens is 452 g/mol. The van der Waals surface area contributed by atoms with Gasteiger partial charge in [0.15, 0.2) is 17.3 Å². The van der Waals surface area contributed by atoms with Gasteiger partial charge >= 0.3 is 0 Å². The van der Waals surface area contributed by atoms with Crippen LogP contribution in [0.5, 0.6) is 23.0 Å². The van der Waals surface area contributed by atoms with Crippen molar-refractivity contribution in [2.45, 2.75) is 25.5 Å². The quantitative estimate of drug-likeness (QED) is 0.425. The molecule has 1 unspecified atom stereocenters. The molecule has 0 aliphatic carbocycles. The summed E-state index contributed by atoms with van der Waals surface area (Å²) in [5, 5.41) is 4.23. The van der Waals surface area contributed by atoms with Crippen LogP contribution in [-0.4, -0.2) is 63.7 Å². The number of hydrogen-bond donors (Lipinski definition) is 0. The molecule has 0 spiro atoms. The zero-order valence-electron chi connectivity index (χ0n) is 20.4. The third-order valence-electron chi connectivity index (χ3n) is 5.93. The predicted molar refractivity (Wildman–Crippen MR) is 128 cm³/mol. The van der Waals surface area contributed by atoms with Gasteiger partial charge in [0, 0.05) is 24.8 Å². The first kappa shape index (κ1) is 24.4. The molecule has 1 aliphatic rings. The molecule has 9 nitrogen and oxygen atoms in total. The number of carbonyl (C=O) groups excluding carboxylic acids is 1. The molecule has 1 aliphatic heterocycles. The number of aromatic nitrogens is 1. The third kappa shape index (κ3) is 5.35. The van der Waals surface area contributed by atoms with Gasteiger partial charge in [-0.2, -0.15) is 0 Å². The first-order valence-corrected chi connectivity index (χ1v) is 11.4. The van der Waals surface area contributed by atoms with Crippen LogP contribution in [0.4, 0.5) is 0 Å². The number of rotatable bonds is 10. The van der Waals surface area contributed by atoms with Crippen molar-refractivity contribution in [2.24, 2.45) is 0 Å². The van der Waals surface area contributed by atoms with Crippen LogP contribution in [0.3, 0.4) is 0 Å². The Morgan fingerprint density at radius 2 is 1.71 bits per heavy atom. The molecule has 0 N–H and O–H groups in total. The van der Waals surface area contributed by atoms with Gasteiger partial charge in [-0.25, -0.2) is 0 Å². The highest BCUT2D eigenvalue weighted by atomic mass is 16.5. The second-order valence-corrected chi connectivity index (χ2v) is 8.12. The molecule has 9 heteroatoms. The summed E-state index contributed by atoms with van der Waals surface area (Å²) in [6.45, 7) is 1.41. The maximum Gasteiger partial charge on any atom is 0.258 e. The average molecular weight is 483 g/mol. The summed E-state index contributed by atoms with van der Waals surface area (Å²) >= 11 is 0. The van der Waals surface area contributed by atoms with E-state index in [1.807, 2.05) is 12.1 Å². The predicted octanol–water partition coefficient (Wildman–Crippen LogP) is 4.20. The number of ether oxygens (including phenoxy) is 5. The van der Waals surface area contributed by atoms with Crippen molar-refractivity contribution < 1.29 is 33.0 Å². The zero-order chi connectivity index (χ0) is 24.8. The second kappa shape index (κ2) is 11.1. The summed E-state index contributed by atoms with van der Waals surface area (Å²) in [4.78, 5) is 15.2. The number of amides is 1. The van der Waals surface area contributed by atoms with Crippen LogP contribution < -0.4 is 18.9 Å². The van der Waals surface area contributed by atoms with Crippen molar-refractivity contribution in [1.29, 1.82) is 0 Å². The Kier molecular flexibility index (Phi) is 7.77. The van der Waals surface area contributed by atoms with Crippen LogP contribution >= 0.6 is 0 Å². The number of benzene rings is 2. The molecule has 1 aromatic heterocycles. The lowest BCUT2D eigenvalue weighted by atomic mass is 10.1. The highest BCUT2D eigenvalue weighted by molar-refractivity contribution is 5.97. The first-order valence-electron chi connectivity index (χ1n) is 11.4. The smallest absolute Gasteiger partial charge is 0.258 e. The molecule has 0 radical (unpaired) electrons. The van der Waals surface area contributed by atoms with Crippen molar-refractivity contribution >= 4 is 5.91 Å². The molecule has 0 bridgehead atoms. The number of carbonyl (C=O) groups is 1. The summed E-state index contributed by atoms with van der Waals surface area (Å²) in [5.74, 6) is 2.38. The van der Waals surface area contributed by atoms with E-state index < -0.39 is 0 Å². The van der Waals surface area contributed by atoms with E-state index in [0.29, 0.717) is 58.7 Å². The summed E-state index contributed by atoms with van der Waals surface area (Å²) < 4.78 is 33.1. The molecule has 0 saturated carbocycles. The van der Waals surface area contributed by atoms with E-state index in [2.05, 4.69) is 5.16 Å².